The first-order valence-electron chi connectivity index (χ1n) is 7.74. The van der Waals surface area contributed by atoms with Crippen LogP contribution in [0.25, 0.3) is 0 Å². The van der Waals surface area contributed by atoms with Crippen LogP contribution >= 0.6 is 11.3 Å². The monoisotopic (exact) mass is 294 g/mol. The van der Waals surface area contributed by atoms with Gasteiger partial charge in [0, 0.05) is 11.3 Å². The second-order valence-electron chi connectivity index (χ2n) is 5.83. The quantitative estimate of drug-likeness (QED) is 0.845. The normalized spacial score (nSPS) is 22.2. The van der Waals surface area contributed by atoms with Crippen molar-refractivity contribution in [3.8, 4) is 0 Å². The summed E-state index contributed by atoms with van der Waals surface area (Å²) in [5.41, 5.74) is 0. The minimum Gasteiger partial charge on any atom is -0.348 e. The van der Waals surface area contributed by atoms with Crippen LogP contribution < -0.4 is 10.6 Å². The van der Waals surface area contributed by atoms with E-state index in [0.717, 1.165) is 19.5 Å². The van der Waals surface area contributed by atoms with Crippen LogP contribution in [0.3, 0.4) is 0 Å². The van der Waals surface area contributed by atoms with Gasteiger partial charge < -0.3 is 10.6 Å². The van der Waals surface area contributed by atoms with E-state index in [1.54, 1.807) is 11.3 Å². The Bertz CT molecular complexity index is 399. The molecule has 2 N–H and O–H groups in total. The third-order valence-electron chi connectivity index (χ3n) is 4.28. The minimum atomic E-state index is 0.180. The average molecular weight is 294 g/mol. The van der Waals surface area contributed by atoms with Crippen molar-refractivity contribution in [2.45, 2.75) is 45.6 Å². The summed E-state index contributed by atoms with van der Waals surface area (Å²) in [6, 6.07) is 4.33. The van der Waals surface area contributed by atoms with Gasteiger partial charge in [-0.1, -0.05) is 19.9 Å². The first-order chi connectivity index (χ1) is 9.70. The molecule has 20 heavy (non-hydrogen) atoms. The van der Waals surface area contributed by atoms with Gasteiger partial charge in [0.25, 0.3) is 0 Å². The van der Waals surface area contributed by atoms with E-state index in [0.29, 0.717) is 18.3 Å². The molecule has 2 heterocycles. The molecule has 4 heteroatoms. The number of thiophene rings is 1. The molecular formula is C16H26N2OS. The highest BCUT2D eigenvalue weighted by Crippen LogP contribution is 2.25. The summed E-state index contributed by atoms with van der Waals surface area (Å²) >= 11 is 1.72. The summed E-state index contributed by atoms with van der Waals surface area (Å²) in [5.74, 6) is 1.31. The maximum Gasteiger partial charge on any atom is 0.220 e. The van der Waals surface area contributed by atoms with Crippen molar-refractivity contribution in [1.82, 2.24) is 10.6 Å². The predicted molar refractivity (Wildman–Crippen MR) is 84.9 cm³/mol. The number of piperidine rings is 1. The van der Waals surface area contributed by atoms with E-state index in [-0.39, 0.29) is 11.9 Å². The van der Waals surface area contributed by atoms with Crippen molar-refractivity contribution in [3.63, 3.8) is 0 Å². The summed E-state index contributed by atoms with van der Waals surface area (Å²) in [6.45, 7) is 6.53. The molecule has 0 radical (unpaired) electrons. The molecule has 0 bridgehead atoms. The number of hydrogen-bond donors (Lipinski definition) is 2. The van der Waals surface area contributed by atoms with Crippen LogP contribution in [0, 0.1) is 11.8 Å². The Labute approximate surface area is 126 Å². The molecule has 1 aromatic heterocycles. The number of carbonyl (C=O) groups is 1. The van der Waals surface area contributed by atoms with Crippen LogP contribution in [0.2, 0.25) is 0 Å². The van der Waals surface area contributed by atoms with Gasteiger partial charge in [-0.15, -0.1) is 11.3 Å². The van der Waals surface area contributed by atoms with Crippen LogP contribution in [0.4, 0.5) is 0 Å². The molecular weight excluding hydrogens is 268 g/mol. The highest BCUT2D eigenvalue weighted by atomic mass is 32.1. The Kier molecular flexibility index (Phi) is 6.05. The standard InChI is InChI=1S/C16H26N2OS/c1-3-14(15-7-5-9-20-15)18-16(19)10-12(2)13-6-4-8-17-11-13/h5,7,9,12-14,17H,3-4,6,8,10-11H2,1-2H3,(H,18,19). The summed E-state index contributed by atoms with van der Waals surface area (Å²) < 4.78 is 0. The first-order valence-corrected chi connectivity index (χ1v) is 8.62. The molecule has 1 saturated heterocycles. The van der Waals surface area contributed by atoms with Crippen molar-refractivity contribution in [3.05, 3.63) is 22.4 Å². The van der Waals surface area contributed by atoms with Gasteiger partial charge in [0.2, 0.25) is 5.91 Å². The Balaban J connectivity index is 1.81. The van der Waals surface area contributed by atoms with Gasteiger partial charge in [0.05, 0.1) is 6.04 Å². The number of hydrogen-bond acceptors (Lipinski definition) is 3. The SMILES string of the molecule is CCC(NC(=O)CC(C)C1CCCNC1)c1cccs1. The molecule has 112 valence electrons. The Hall–Kier alpha value is -0.870. The lowest BCUT2D eigenvalue weighted by Crippen LogP contribution is -2.36. The highest BCUT2D eigenvalue weighted by Gasteiger charge is 2.23. The van der Waals surface area contributed by atoms with Crippen molar-refractivity contribution in [2.24, 2.45) is 11.8 Å². The van der Waals surface area contributed by atoms with Gasteiger partial charge in [-0.2, -0.15) is 0 Å². The van der Waals surface area contributed by atoms with Gasteiger partial charge in [-0.25, -0.2) is 0 Å². The van der Waals surface area contributed by atoms with E-state index in [4.69, 9.17) is 0 Å². The molecule has 3 nitrogen and oxygen atoms in total. The van der Waals surface area contributed by atoms with Crippen molar-refractivity contribution >= 4 is 17.2 Å². The largest absolute Gasteiger partial charge is 0.348 e. The third kappa shape index (κ3) is 4.32. The molecule has 0 aliphatic carbocycles. The van der Waals surface area contributed by atoms with Crippen LogP contribution in [-0.4, -0.2) is 19.0 Å². The summed E-state index contributed by atoms with van der Waals surface area (Å²) in [5, 5.41) is 8.69. The topological polar surface area (TPSA) is 41.1 Å². The summed E-state index contributed by atoms with van der Waals surface area (Å²) in [6.07, 6.45) is 4.09. The Morgan fingerprint density at radius 1 is 1.60 bits per heavy atom. The number of carbonyl (C=O) groups excluding carboxylic acids is 1. The lowest BCUT2D eigenvalue weighted by atomic mass is 9.85. The van der Waals surface area contributed by atoms with E-state index >= 15 is 0 Å². The second kappa shape index (κ2) is 7.79. The molecule has 1 amide bonds. The van der Waals surface area contributed by atoms with Gasteiger partial charge in [-0.3, -0.25) is 4.79 Å². The fourth-order valence-corrected chi connectivity index (χ4v) is 3.80. The Morgan fingerprint density at radius 2 is 2.45 bits per heavy atom. The van der Waals surface area contributed by atoms with E-state index < -0.39 is 0 Å². The molecule has 0 spiro atoms. The van der Waals surface area contributed by atoms with Crippen LogP contribution in [0.5, 0.6) is 0 Å². The van der Waals surface area contributed by atoms with Crippen molar-refractivity contribution in [2.75, 3.05) is 13.1 Å². The molecule has 1 fully saturated rings. The molecule has 1 aliphatic rings. The Morgan fingerprint density at radius 3 is 3.05 bits per heavy atom. The van der Waals surface area contributed by atoms with Crippen LogP contribution in [0.15, 0.2) is 17.5 Å². The zero-order chi connectivity index (χ0) is 14.4. The average Bonchev–Trinajstić information content (AvgIpc) is 2.99. The third-order valence-corrected chi connectivity index (χ3v) is 5.26. The fraction of sp³-hybridized carbons (Fsp3) is 0.688. The lowest BCUT2D eigenvalue weighted by Gasteiger charge is -2.28. The first kappa shape index (κ1) is 15.5. The van der Waals surface area contributed by atoms with Crippen LogP contribution in [-0.2, 0) is 4.79 Å². The van der Waals surface area contributed by atoms with E-state index in [1.165, 1.54) is 17.7 Å². The maximum absolute atomic E-state index is 12.2. The maximum atomic E-state index is 12.2. The summed E-state index contributed by atoms with van der Waals surface area (Å²) in [7, 11) is 0. The summed E-state index contributed by atoms with van der Waals surface area (Å²) in [4.78, 5) is 13.5. The zero-order valence-electron chi connectivity index (χ0n) is 12.5. The molecule has 2 rings (SSSR count). The second-order valence-corrected chi connectivity index (χ2v) is 6.81. The van der Waals surface area contributed by atoms with Gasteiger partial charge >= 0.3 is 0 Å². The molecule has 0 saturated carbocycles. The van der Waals surface area contributed by atoms with Gasteiger partial charge in [0.15, 0.2) is 0 Å². The van der Waals surface area contributed by atoms with Crippen molar-refractivity contribution < 1.29 is 4.79 Å². The minimum absolute atomic E-state index is 0.180. The van der Waals surface area contributed by atoms with E-state index in [1.807, 2.05) is 6.07 Å². The number of rotatable bonds is 6. The fourth-order valence-electron chi connectivity index (χ4n) is 2.94. The molecule has 1 aliphatic heterocycles. The van der Waals surface area contributed by atoms with E-state index in [2.05, 4.69) is 35.9 Å². The molecule has 1 aromatic rings. The lowest BCUT2D eigenvalue weighted by molar-refractivity contribution is -0.123. The highest BCUT2D eigenvalue weighted by molar-refractivity contribution is 7.10. The number of amides is 1. The smallest absolute Gasteiger partial charge is 0.220 e. The number of nitrogens with one attached hydrogen (secondary N) is 2. The van der Waals surface area contributed by atoms with Crippen LogP contribution in [0.1, 0.15) is 50.4 Å². The molecule has 3 unspecified atom stereocenters. The van der Waals surface area contributed by atoms with E-state index in [9.17, 15) is 4.79 Å². The zero-order valence-corrected chi connectivity index (χ0v) is 13.3. The van der Waals surface area contributed by atoms with Gasteiger partial charge in [0.1, 0.15) is 0 Å². The molecule has 0 aromatic carbocycles. The molecule has 3 atom stereocenters. The van der Waals surface area contributed by atoms with Gasteiger partial charge in [-0.05, 0) is 55.6 Å². The predicted octanol–water partition coefficient (Wildman–Crippen LogP) is 3.34. The van der Waals surface area contributed by atoms with Crippen molar-refractivity contribution in [1.29, 1.82) is 0 Å².